The molecule has 0 saturated carbocycles. The van der Waals surface area contributed by atoms with Crippen molar-refractivity contribution in [1.29, 1.82) is 0 Å². The van der Waals surface area contributed by atoms with Crippen molar-refractivity contribution >= 4 is 11.8 Å². The third-order valence-corrected chi connectivity index (χ3v) is 6.89. The molecule has 0 saturated heterocycles. The molecule has 36 heavy (non-hydrogen) atoms. The Bertz CT molecular complexity index is 1260. The highest BCUT2D eigenvalue weighted by Gasteiger charge is 2.31. The van der Waals surface area contributed by atoms with Gasteiger partial charge in [0.25, 0.3) is 11.8 Å². The van der Waals surface area contributed by atoms with Crippen LogP contribution in [0.2, 0.25) is 0 Å². The van der Waals surface area contributed by atoms with E-state index in [9.17, 15) is 14.7 Å². The van der Waals surface area contributed by atoms with Crippen LogP contribution in [-0.2, 0) is 26.1 Å². The van der Waals surface area contributed by atoms with Gasteiger partial charge >= 0.3 is 0 Å². The second-order valence-electron chi connectivity index (χ2n) is 9.32. The van der Waals surface area contributed by atoms with Crippen LogP contribution in [-0.4, -0.2) is 47.1 Å². The molecule has 7 heteroatoms. The predicted molar refractivity (Wildman–Crippen MR) is 137 cm³/mol. The second-order valence-corrected chi connectivity index (χ2v) is 9.32. The molecule has 0 radical (unpaired) electrons. The summed E-state index contributed by atoms with van der Waals surface area (Å²) in [4.78, 5) is 28.0. The number of aliphatic hydroxyl groups is 1. The average Bonchev–Trinajstić information content (AvgIpc) is 3.21. The molecule has 3 aromatic carbocycles. The Kier molecular flexibility index (Phi) is 7.02. The van der Waals surface area contributed by atoms with Gasteiger partial charge in [0.1, 0.15) is 5.75 Å². The maximum Gasteiger partial charge on any atom is 0.255 e. The Morgan fingerprint density at radius 3 is 2.64 bits per heavy atom. The van der Waals surface area contributed by atoms with Crippen LogP contribution in [0.5, 0.6) is 5.75 Å². The predicted octanol–water partition coefficient (Wildman–Crippen LogP) is 3.05. The third kappa shape index (κ3) is 4.98. The molecule has 0 aromatic heterocycles. The Labute approximate surface area is 211 Å². The van der Waals surface area contributed by atoms with Gasteiger partial charge in [-0.3, -0.25) is 9.59 Å². The lowest BCUT2D eigenvalue weighted by Gasteiger charge is -2.30. The normalized spacial score (nSPS) is 17.3. The molecule has 2 aliphatic rings. The minimum Gasteiger partial charge on any atom is -0.493 e. The number of fused-ring (bicyclic) bond motifs is 2. The first-order chi connectivity index (χ1) is 17.5. The van der Waals surface area contributed by atoms with E-state index in [1.807, 2.05) is 49.4 Å². The molecule has 2 heterocycles. The summed E-state index contributed by atoms with van der Waals surface area (Å²) < 4.78 is 5.74. The summed E-state index contributed by atoms with van der Waals surface area (Å²) in [5.41, 5.74) is 5.24. The monoisotopic (exact) mass is 485 g/mol. The van der Waals surface area contributed by atoms with Crippen molar-refractivity contribution in [1.82, 2.24) is 15.5 Å². The molecule has 186 valence electrons. The minimum absolute atomic E-state index is 0.0687. The van der Waals surface area contributed by atoms with Crippen LogP contribution in [0.1, 0.15) is 49.9 Å². The Hall–Kier alpha value is -3.68. The summed E-state index contributed by atoms with van der Waals surface area (Å²) in [5, 5.41) is 17.0. The number of hydrogen-bond donors (Lipinski definition) is 3. The van der Waals surface area contributed by atoms with E-state index in [2.05, 4.69) is 22.8 Å². The van der Waals surface area contributed by atoms with E-state index >= 15 is 0 Å². The van der Waals surface area contributed by atoms with Crippen molar-refractivity contribution in [2.24, 2.45) is 0 Å². The summed E-state index contributed by atoms with van der Waals surface area (Å²) in [6, 6.07) is 21.3. The van der Waals surface area contributed by atoms with Gasteiger partial charge < -0.3 is 25.4 Å². The van der Waals surface area contributed by atoms with E-state index in [1.165, 1.54) is 11.1 Å². The van der Waals surface area contributed by atoms with Gasteiger partial charge in [0, 0.05) is 37.8 Å². The molecule has 0 unspecified atom stereocenters. The van der Waals surface area contributed by atoms with E-state index in [0.717, 1.165) is 11.1 Å². The number of ether oxygens (including phenoxy) is 1. The van der Waals surface area contributed by atoms with Gasteiger partial charge in [-0.15, -0.1) is 0 Å². The van der Waals surface area contributed by atoms with Crippen molar-refractivity contribution < 1.29 is 19.4 Å². The molecular weight excluding hydrogens is 454 g/mol. The number of rotatable bonds is 8. The topological polar surface area (TPSA) is 90.9 Å². The second kappa shape index (κ2) is 10.5. The zero-order chi connectivity index (χ0) is 25.1. The highest BCUT2D eigenvalue weighted by Crippen LogP contribution is 2.31. The van der Waals surface area contributed by atoms with E-state index in [4.69, 9.17) is 4.74 Å². The molecule has 0 spiro atoms. The van der Waals surface area contributed by atoms with Crippen LogP contribution in [0, 0.1) is 0 Å². The standard InChI is InChI=1S/C29H31N3O4/c1-2-36-27-14-23-22(18-32(29(23)35)17-19-8-4-3-5-9-19)12-24(27)28(34)31-16-26(33)25-13-20-10-6-7-11-21(20)15-30-25/h3-12,14,25-26,30,33H,2,13,15-18H2,1H3,(H,31,34)/t25-,26+/m0/s1. The van der Waals surface area contributed by atoms with Gasteiger partial charge in [0.15, 0.2) is 0 Å². The highest BCUT2D eigenvalue weighted by molar-refractivity contribution is 6.03. The molecule has 0 fully saturated rings. The average molecular weight is 486 g/mol. The lowest BCUT2D eigenvalue weighted by atomic mass is 9.93. The first-order valence-electron chi connectivity index (χ1n) is 12.4. The van der Waals surface area contributed by atoms with E-state index in [1.54, 1.807) is 17.0 Å². The van der Waals surface area contributed by atoms with Crippen LogP contribution in [0.3, 0.4) is 0 Å². The minimum atomic E-state index is -0.741. The summed E-state index contributed by atoms with van der Waals surface area (Å²) in [6.07, 6.45) is -0.0366. The van der Waals surface area contributed by atoms with Crippen molar-refractivity contribution in [3.63, 3.8) is 0 Å². The van der Waals surface area contributed by atoms with Gasteiger partial charge in [-0.2, -0.15) is 0 Å². The Morgan fingerprint density at radius 1 is 1.11 bits per heavy atom. The maximum atomic E-state index is 13.2. The molecule has 5 rings (SSSR count). The Balaban J connectivity index is 1.27. The van der Waals surface area contributed by atoms with Crippen LogP contribution >= 0.6 is 0 Å². The number of nitrogens with zero attached hydrogens (tertiary/aromatic N) is 1. The van der Waals surface area contributed by atoms with Crippen molar-refractivity contribution in [3.8, 4) is 5.75 Å². The SMILES string of the molecule is CCOc1cc2c(cc1C(=O)NC[C@@H](O)[C@@H]1Cc3ccccc3CN1)CN(Cc1ccccc1)C2=O. The van der Waals surface area contributed by atoms with Crippen LogP contribution in [0.25, 0.3) is 0 Å². The largest absolute Gasteiger partial charge is 0.493 e. The molecule has 0 bridgehead atoms. The number of benzene rings is 3. The first kappa shape index (κ1) is 24.0. The number of amides is 2. The van der Waals surface area contributed by atoms with Crippen LogP contribution < -0.4 is 15.4 Å². The molecule has 2 atom stereocenters. The van der Waals surface area contributed by atoms with Gasteiger partial charge in [-0.1, -0.05) is 54.6 Å². The fraction of sp³-hybridized carbons (Fsp3) is 0.310. The maximum absolute atomic E-state index is 13.2. The van der Waals surface area contributed by atoms with Gasteiger partial charge in [0.2, 0.25) is 0 Å². The number of nitrogens with one attached hydrogen (secondary N) is 2. The van der Waals surface area contributed by atoms with Crippen LogP contribution in [0.4, 0.5) is 0 Å². The molecule has 2 aliphatic heterocycles. The number of carbonyl (C=O) groups is 2. The highest BCUT2D eigenvalue weighted by atomic mass is 16.5. The summed E-state index contributed by atoms with van der Waals surface area (Å²) in [6.45, 7) is 3.95. The summed E-state index contributed by atoms with van der Waals surface area (Å²) >= 11 is 0. The fourth-order valence-electron chi connectivity index (χ4n) is 4.97. The number of aliphatic hydroxyl groups excluding tert-OH is 1. The van der Waals surface area contributed by atoms with Gasteiger partial charge in [-0.25, -0.2) is 0 Å². The zero-order valence-corrected chi connectivity index (χ0v) is 20.4. The third-order valence-electron chi connectivity index (χ3n) is 6.89. The smallest absolute Gasteiger partial charge is 0.255 e. The van der Waals surface area contributed by atoms with Gasteiger partial charge in [-0.05, 0) is 47.7 Å². The van der Waals surface area contributed by atoms with Crippen molar-refractivity contribution in [3.05, 3.63) is 100 Å². The molecular formula is C29H31N3O4. The molecule has 7 nitrogen and oxygen atoms in total. The number of carbonyl (C=O) groups excluding carboxylic acids is 2. The Morgan fingerprint density at radius 2 is 1.86 bits per heavy atom. The fourth-order valence-corrected chi connectivity index (χ4v) is 4.97. The van der Waals surface area contributed by atoms with Gasteiger partial charge in [0.05, 0.1) is 18.3 Å². The summed E-state index contributed by atoms with van der Waals surface area (Å²) in [5.74, 6) is -0.0193. The quantitative estimate of drug-likeness (QED) is 0.456. The zero-order valence-electron chi connectivity index (χ0n) is 20.4. The van der Waals surface area contributed by atoms with E-state index < -0.39 is 6.10 Å². The molecule has 0 aliphatic carbocycles. The lowest BCUT2D eigenvalue weighted by molar-refractivity contribution is 0.0766. The lowest BCUT2D eigenvalue weighted by Crippen LogP contribution is -2.49. The van der Waals surface area contributed by atoms with E-state index in [-0.39, 0.29) is 24.4 Å². The molecule has 2 amide bonds. The van der Waals surface area contributed by atoms with E-state index in [0.29, 0.717) is 49.5 Å². The van der Waals surface area contributed by atoms with Crippen LogP contribution in [0.15, 0.2) is 66.7 Å². The molecule has 3 N–H and O–H groups in total. The summed E-state index contributed by atoms with van der Waals surface area (Å²) in [7, 11) is 0. The molecule has 3 aromatic rings. The first-order valence-corrected chi connectivity index (χ1v) is 12.4. The number of hydrogen-bond acceptors (Lipinski definition) is 5. The van der Waals surface area contributed by atoms with Crippen molar-refractivity contribution in [2.75, 3.05) is 13.2 Å². The van der Waals surface area contributed by atoms with Crippen molar-refractivity contribution in [2.45, 2.75) is 45.1 Å².